The van der Waals surface area contributed by atoms with Crippen molar-refractivity contribution in [3.63, 3.8) is 0 Å². The molecule has 0 aliphatic heterocycles. The molecule has 0 aromatic carbocycles. The minimum absolute atomic E-state index is 0. The van der Waals surface area contributed by atoms with Crippen LogP contribution >= 0.6 is 24.0 Å². The molecule has 0 saturated heterocycles. The molecule has 110 valence electrons. The molecule has 0 unspecified atom stereocenters. The summed E-state index contributed by atoms with van der Waals surface area (Å²) in [4.78, 5) is 4.02. The van der Waals surface area contributed by atoms with Crippen LogP contribution in [0.1, 0.15) is 12.8 Å². The van der Waals surface area contributed by atoms with E-state index in [2.05, 4.69) is 15.6 Å². The molecule has 0 bridgehead atoms. The molecule has 8 heteroatoms. The van der Waals surface area contributed by atoms with Gasteiger partial charge in [-0.15, -0.1) is 24.0 Å². The van der Waals surface area contributed by atoms with Crippen molar-refractivity contribution in [1.82, 2.24) is 10.6 Å². The van der Waals surface area contributed by atoms with E-state index in [1.54, 1.807) is 14.2 Å². The van der Waals surface area contributed by atoms with Crippen molar-refractivity contribution < 1.29 is 13.2 Å². The van der Waals surface area contributed by atoms with Crippen molar-refractivity contribution in [1.29, 1.82) is 0 Å². The first kappa shape index (κ1) is 20.2. The number of sulfone groups is 1. The Morgan fingerprint density at radius 1 is 1.22 bits per heavy atom. The number of hydrogen-bond donors (Lipinski definition) is 2. The van der Waals surface area contributed by atoms with Crippen LogP contribution in [0.15, 0.2) is 4.99 Å². The fraction of sp³-hybridized carbons (Fsp3) is 0.900. The van der Waals surface area contributed by atoms with Crippen LogP contribution in [0.5, 0.6) is 0 Å². The Labute approximate surface area is 127 Å². The lowest BCUT2D eigenvalue weighted by Gasteiger charge is -2.11. The molecule has 0 aromatic rings. The van der Waals surface area contributed by atoms with Crippen molar-refractivity contribution in [2.75, 3.05) is 45.9 Å². The molecule has 0 aliphatic carbocycles. The van der Waals surface area contributed by atoms with E-state index in [1.165, 1.54) is 6.26 Å². The first-order valence-electron chi connectivity index (χ1n) is 5.61. The Balaban J connectivity index is 0. The van der Waals surface area contributed by atoms with E-state index in [9.17, 15) is 8.42 Å². The molecular formula is C10H24IN3O3S. The zero-order valence-electron chi connectivity index (χ0n) is 11.2. The smallest absolute Gasteiger partial charge is 0.190 e. The molecule has 0 aromatic heterocycles. The van der Waals surface area contributed by atoms with Crippen LogP contribution in [0, 0.1) is 0 Å². The molecule has 2 N–H and O–H groups in total. The molecule has 6 nitrogen and oxygen atoms in total. The van der Waals surface area contributed by atoms with Gasteiger partial charge in [0.2, 0.25) is 0 Å². The second-order valence-corrected chi connectivity index (χ2v) is 6.02. The Morgan fingerprint density at radius 2 is 1.78 bits per heavy atom. The summed E-state index contributed by atoms with van der Waals surface area (Å²) in [5.41, 5.74) is 0. The predicted molar refractivity (Wildman–Crippen MR) is 85.6 cm³/mol. The molecule has 0 spiro atoms. The number of ether oxygens (including phenoxy) is 1. The van der Waals surface area contributed by atoms with Gasteiger partial charge in [0.15, 0.2) is 5.96 Å². The average Bonchev–Trinajstić information content (AvgIpc) is 2.25. The number of methoxy groups -OCH3 is 1. The molecule has 0 heterocycles. The van der Waals surface area contributed by atoms with Gasteiger partial charge >= 0.3 is 0 Å². The molecule has 0 radical (unpaired) electrons. The lowest BCUT2D eigenvalue weighted by atomic mass is 10.4. The number of rotatable bonds is 8. The third-order valence-electron chi connectivity index (χ3n) is 2.03. The topological polar surface area (TPSA) is 79.8 Å². The number of nitrogens with one attached hydrogen (secondary N) is 2. The van der Waals surface area contributed by atoms with Crippen molar-refractivity contribution in [2.45, 2.75) is 12.8 Å². The van der Waals surface area contributed by atoms with Crippen molar-refractivity contribution in [3.05, 3.63) is 0 Å². The van der Waals surface area contributed by atoms with Gasteiger partial charge in [-0.1, -0.05) is 0 Å². The summed E-state index contributed by atoms with van der Waals surface area (Å²) in [7, 11) is 0.478. The van der Waals surface area contributed by atoms with Crippen LogP contribution in [0.2, 0.25) is 0 Å². The van der Waals surface area contributed by atoms with Gasteiger partial charge in [-0.05, 0) is 12.8 Å². The fourth-order valence-electron chi connectivity index (χ4n) is 1.19. The summed E-state index contributed by atoms with van der Waals surface area (Å²) < 4.78 is 26.7. The Morgan fingerprint density at radius 3 is 2.22 bits per heavy atom. The van der Waals surface area contributed by atoms with Crippen LogP contribution < -0.4 is 10.6 Å². The van der Waals surface area contributed by atoms with E-state index in [4.69, 9.17) is 4.74 Å². The minimum Gasteiger partial charge on any atom is -0.385 e. The minimum atomic E-state index is -2.87. The molecule has 0 fully saturated rings. The van der Waals surface area contributed by atoms with Crippen LogP contribution in [-0.2, 0) is 14.6 Å². The first-order valence-corrected chi connectivity index (χ1v) is 7.67. The highest BCUT2D eigenvalue weighted by atomic mass is 127. The van der Waals surface area contributed by atoms with Gasteiger partial charge in [-0.25, -0.2) is 8.42 Å². The van der Waals surface area contributed by atoms with E-state index in [0.717, 1.165) is 13.0 Å². The van der Waals surface area contributed by atoms with Crippen molar-refractivity contribution in [2.24, 2.45) is 4.99 Å². The fourth-order valence-corrected chi connectivity index (χ4v) is 1.85. The quantitative estimate of drug-likeness (QED) is 0.267. The summed E-state index contributed by atoms with van der Waals surface area (Å²) in [6, 6.07) is 0. The van der Waals surface area contributed by atoms with Crippen molar-refractivity contribution >= 4 is 39.8 Å². The lowest BCUT2D eigenvalue weighted by molar-refractivity contribution is 0.195. The largest absolute Gasteiger partial charge is 0.385 e. The third kappa shape index (κ3) is 14.0. The van der Waals surface area contributed by atoms with Crippen molar-refractivity contribution in [3.8, 4) is 0 Å². The summed E-state index contributed by atoms with van der Waals surface area (Å²) in [5.74, 6) is 0.885. The second-order valence-electron chi connectivity index (χ2n) is 3.76. The molecule has 0 rings (SSSR count). The number of guanidine groups is 1. The monoisotopic (exact) mass is 393 g/mol. The van der Waals surface area contributed by atoms with Crippen LogP contribution in [0.25, 0.3) is 0 Å². The van der Waals surface area contributed by atoms with E-state index in [1.807, 2.05) is 0 Å². The van der Waals surface area contributed by atoms with Gasteiger partial charge in [0, 0.05) is 40.1 Å². The second kappa shape index (κ2) is 12.0. The van der Waals surface area contributed by atoms with Gasteiger partial charge in [-0.3, -0.25) is 4.99 Å². The van der Waals surface area contributed by atoms with E-state index >= 15 is 0 Å². The molecule has 0 saturated carbocycles. The van der Waals surface area contributed by atoms with Gasteiger partial charge in [-0.2, -0.15) is 0 Å². The van der Waals surface area contributed by atoms with E-state index in [0.29, 0.717) is 25.5 Å². The zero-order chi connectivity index (χ0) is 13.1. The van der Waals surface area contributed by atoms with Gasteiger partial charge in [0.25, 0.3) is 0 Å². The highest BCUT2D eigenvalue weighted by molar-refractivity contribution is 14.0. The van der Waals surface area contributed by atoms with Crippen LogP contribution in [0.4, 0.5) is 0 Å². The Kier molecular flexibility index (Phi) is 13.5. The van der Waals surface area contributed by atoms with E-state index in [-0.39, 0.29) is 29.7 Å². The van der Waals surface area contributed by atoms with E-state index < -0.39 is 9.84 Å². The standard InChI is InChI=1S/C10H23N3O3S.HI/c1-11-10(12-6-4-8-16-2)13-7-5-9-17(3,14)15;/h4-9H2,1-3H3,(H2,11,12,13);1H. The number of halogens is 1. The molecule has 18 heavy (non-hydrogen) atoms. The lowest BCUT2D eigenvalue weighted by Crippen LogP contribution is -2.38. The highest BCUT2D eigenvalue weighted by Crippen LogP contribution is 1.87. The molecule has 0 aliphatic rings. The van der Waals surface area contributed by atoms with Gasteiger partial charge < -0.3 is 15.4 Å². The molecule has 0 atom stereocenters. The predicted octanol–water partition coefficient (Wildman–Crippen LogP) is 0.241. The number of hydrogen-bond acceptors (Lipinski definition) is 4. The number of aliphatic imine (C=N–C) groups is 1. The Bertz CT molecular complexity index is 320. The maximum atomic E-state index is 10.9. The van der Waals surface area contributed by atoms with Gasteiger partial charge in [0.05, 0.1) is 5.75 Å². The molecule has 0 amide bonds. The summed E-state index contributed by atoms with van der Waals surface area (Å²) in [5, 5.41) is 6.16. The third-order valence-corrected chi connectivity index (χ3v) is 3.06. The maximum Gasteiger partial charge on any atom is 0.190 e. The summed E-state index contributed by atoms with van der Waals surface area (Å²) >= 11 is 0. The normalized spacial score (nSPS) is 11.8. The first-order chi connectivity index (χ1) is 7.99. The summed E-state index contributed by atoms with van der Waals surface area (Å²) in [6.45, 7) is 2.08. The number of nitrogens with zero attached hydrogens (tertiary/aromatic N) is 1. The highest BCUT2D eigenvalue weighted by Gasteiger charge is 2.02. The zero-order valence-corrected chi connectivity index (χ0v) is 14.4. The molecular weight excluding hydrogens is 369 g/mol. The SMILES string of the molecule is CN=C(NCCCOC)NCCCS(C)(=O)=O.I. The van der Waals surface area contributed by atoms with Crippen LogP contribution in [0.3, 0.4) is 0 Å². The maximum absolute atomic E-state index is 10.9. The van der Waals surface area contributed by atoms with Crippen LogP contribution in [-0.4, -0.2) is 60.2 Å². The van der Waals surface area contributed by atoms with Gasteiger partial charge in [0.1, 0.15) is 9.84 Å². The summed E-state index contributed by atoms with van der Waals surface area (Å²) in [6.07, 6.45) is 2.73. The average molecular weight is 393 g/mol. The Hall–Kier alpha value is -0.0900.